The third-order valence-electron chi connectivity index (χ3n) is 11.7. The Kier molecular flexibility index (Phi) is 7.20. The number of para-hydroxylation sites is 1. The van der Waals surface area contributed by atoms with Crippen LogP contribution in [-0.4, -0.2) is 9.97 Å². The second-order valence-electron chi connectivity index (χ2n) is 15.4. The van der Waals surface area contributed by atoms with Gasteiger partial charge in [-0.1, -0.05) is 147 Å². The fourth-order valence-electron chi connectivity index (χ4n) is 8.80. The predicted molar refractivity (Wildman–Crippen MR) is 232 cm³/mol. The Morgan fingerprint density at radius 2 is 1.02 bits per heavy atom. The molecule has 0 spiro atoms. The van der Waals surface area contributed by atoms with Crippen molar-refractivity contribution in [3.05, 3.63) is 193 Å². The number of fused-ring (bicyclic) bond motifs is 7. The summed E-state index contributed by atoms with van der Waals surface area (Å²) in [6.07, 6.45) is 0. The van der Waals surface area contributed by atoms with E-state index in [1.807, 2.05) is 30.3 Å². The molecule has 3 heteroatoms. The molecular weight excluding hydrogens is 681 g/mol. The van der Waals surface area contributed by atoms with Crippen LogP contribution < -0.4 is 0 Å². The molecule has 11 rings (SSSR count). The fourth-order valence-corrected chi connectivity index (χ4v) is 8.80. The van der Waals surface area contributed by atoms with E-state index in [0.717, 1.165) is 66.7 Å². The van der Waals surface area contributed by atoms with E-state index in [-0.39, 0.29) is 5.41 Å². The number of aromatic nitrogens is 2. The van der Waals surface area contributed by atoms with Crippen LogP contribution in [0, 0.1) is 0 Å². The number of hydrogen-bond donors (Lipinski definition) is 0. The molecule has 1 aliphatic rings. The van der Waals surface area contributed by atoms with Gasteiger partial charge in [0.15, 0.2) is 5.82 Å². The molecule has 0 saturated carbocycles. The van der Waals surface area contributed by atoms with Gasteiger partial charge in [0, 0.05) is 32.9 Å². The van der Waals surface area contributed by atoms with E-state index in [4.69, 9.17) is 14.4 Å². The maximum atomic E-state index is 6.38. The van der Waals surface area contributed by atoms with Crippen LogP contribution >= 0.6 is 0 Å². The Labute approximate surface area is 325 Å². The Balaban J connectivity index is 1.13. The van der Waals surface area contributed by atoms with Gasteiger partial charge in [0.05, 0.1) is 11.4 Å². The minimum Gasteiger partial charge on any atom is -0.456 e. The van der Waals surface area contributed by atoms with Crippen LogP contribution in [0.1, 0.15) is 25.0 Å². The summed E-state index contributed by atoms with van der Waals surface area (Å²) >= 11 is 0. The maximum Gasteiger partial charge on any atom is 0.160 e. The summed E-state index contributed by atoms with van der Waals surface area (Å²) in [6, 6.07) is 64.9. The second-order valence-corrected chi connectivity index (χ2v) is 15.4. The third kappa shape index (κ3) is 5.20. The molecular formula is C53H36N2O. The Morgan fingerprint density at radius 1 is 0.375 bits per heavy atom. The summed E-state index contributed by atoms with van der Waals surface area (Å²) in [4.78, 5) is 10.6. The van der Waals surface area contributed by atoms with Crippen LogP contribution in [0.25, 0.3) is 100.0 Å². The van der Waals surface area contributed by atoms with Crippen molar-refractivity contribution in [1.82, 2.24) is 9.97 Å². The number of benzene rings is 8. The van der Waals surface area contributed by atoms with E-state index >= 15 is 0 Å². The molecule has 3 nitrogen and oxygen atoms in total. The Morgan fingerprint density at radius 3 is 1.91 bits per heavy atom. The van der Waals surface area contributed by atoms with Crippen molar-refractivity contribution < 1.29 is 4.42 Å². The van der Waals surface area contributed by atoms with Crippen molar-refractivity contribution >= 4 is 32.7 Å². The van der Waals surface area contributed by atoms with Gasteiger partial charge >= 0.3 is 0 Å². The van der Waals surface area contributed by atoms with Crippen molar-refractivity contribution in [3.63, 3.8) is 0 Å². The second kappa shape index (κ2) is 12.5. The molecule has 0 N–H and O–H groups in total. The average molecular weight is 717 g/mol. The lowest BCUT2D eigenvalue weighted by molar-refractivity contribution is 0.660. The van der Waals surface area contributed by atoms with E-state index in [2.05, 4.69) is 166 Å². The minimum absolute atomic E-state index is 0.122. The van der Waals surface area contributed by atoms with Crippen molar-refractivity contribution in [2.24, 2.45) is 0 Å². The van der Waals surface area contributed by atoms with Gasteiger partial charge in [0.25, 0.3) is 0 Å². The molecule has 10 aromatic rings. The summed E-state index contributed by atoms with van der Waals surface area (Å²) in [5.41, 5.74) is 16.2. The summed E-state index contributed by atoms with van der Waals surface area (Å²) in [6.45, 7) is 4.65. The molecule has 0 unspecified atom stereocenters. The molecule has 8 aromatic carbocycles. The summed E-state index contributed by atoms with van der Waals surface area (Å²) in [5.74, 6) is 0.696. The van der Waals surface area contributed by atoms with Crippen LogP contribution in [0.5, 0.6) is 0 Å². The van der Waals surface area contributed by atoms with E-state index in [1.165, 1.54) is 38.6 Å². The normalized spacial score (nSPS) is 13.0. The Hall–Kier alpha value is -7.10. The zero-order valence-corrected chi connectivity index (χ0v) is 31.1. The zero-order chi connectivity index (χ0) is 37.4. The molecule has 0 bridgehead atoms. The van der Waals surface area contributed by atoms with Gasteiger partial charge in [-0.2, -0.15) is 0 Å². The highest BCUT2D eigenvalue weighted by Crippen LogP contribution is 2.49. The minimum atomic E-state index is -0.122. The SMILES string of the molecule is CC1(C)c2ccccc2-c2ccc(-c3cc(-c4cc(-c5ccc6c(c5)oc5ccccc56)cc(-c5cccc6ccccc56)c4)nc(-c4ccccc4)n3)cc21. The summed E-state index contributed by atoms with van der Waals surface area (Å²) in [5, 5.41) is 4.65. The van der Waals surface area contributed by atoms with Crippen LogP contribution in [0.15, 0.2) is 186 Å². The van der Waals surface area contributed by atoms with Crippen molar-refractivity contribution in [2.75, 3.05) is 0 Å². The summed E-state index contributed by atoms with van der Waals surface area (Å²) in [7, 11) is 0. The van der Waals surface area contributed by atoms with Gasteiger partial charge < -0.3 is 4.42 Å². The highest BCUT2D eigenvalue weighted by Gasteiger charge is 2.35. The number of furan rings is 1. The molecule has 0 amide bonds. The van der Waals surface area contributed by atoms with Crippen molar-refractivity contribution in [3.8, 4) is 67.3 Å². The summed E-state index contributed by atoms with van der Waals surface area (Å²) < 4.78 is 6.38. The maximum absolute atomic E-state index is 6.38. The van der Waals surface area contributed by atoms with E-state index in [1.54, 1.807) is 0 Å². The molecule has 0 fully saturated rings. The first-order valence-electron chi connectivity index (χ1n) is 19.2. The first kappa shape index (κ1) is 32.3. The molecule has 56 heavy (non-hydrogen) atoms. The third-order valence-corrected chi connectivity index (χ3v) is 11.7. The quantitative estimate of drug-likeness (QED) is 0.178. The van der Waals surface area contributed by atoms with Gasteiger partial charge in [-0.05, 0) is 104 Å². The lowest BCUT2D eigenvalue weighted by Crippen LogP contribution is -2.14. The average Bonchev–Trinajstić information content (AvgIpc) is 3.74. The first-order chi connectivity index (χ1) is 27.5. The lowest BCUT2D eigenvalue weighted by Gasteiger charge is -2.22. The van der Waals surface area contributed by atoms with Gasteiger partial charge in [0.1, 0.15) is 11.2 Å². The number of nitrogens with zero attached hydrogens (tertiary/aromatic N) is 2. The highest BCUT2D eigenvalue weighted by atomic mass is 16.3. The van der Waals surface area contributed by atoms with Crippen molar-refractivity contribution in [2.45, 2.75) is 19.3 Å². The monoisotopic (exact) mass is 716 g/mol. The van der Waals surface area contributed by atoms with E-state index in [0.29, 0.717) is 5.82 Å². The van der Waals surface area contributed by atoms with Crippen LogP contribution in [-0.2, 0) is 5.41 Å². The van der Waals surface area contributed by atoms with Crippen LogP contribution in [0.2, 0.25) is 0 Å². The Bertz CT molecular complexity index is 3170. The molecule has 264 valence electrons. The van der Waals surface area contributed by atoms with Crippen molar-refractivity contribution in [1.29, 1.82) is 0 Å². The fraction of sp³-hybridized carbons (Fsp3) is 0.0566. The molecule has 0 atom stereocenters. The lowest BCUT2D eigenvalue weighted by atomic mass is 9.82. The number of rotatable bonds is 5. The topological polar surface area (TPSA) is 38.9 Å². The predicted octanol–water partition coefficient (Wildman–Crippen LogP) is 14.2. The standard InChI is InChI=1S/C53H36N2O/c1-53(2)46-21-10-8-18-42(46)43-25-24-36(30-47(43)53)48-32-49(55-52(54-48)34-14-4-3-5-15-34)39-28-37(27-38(29-39)41-20-12-16-33-13-6-7-17-40(33)41)35-23-26-45-44-19-9-11-22-50(44)56-51(45)31-35/h3-32H,1-2H3. The number of hydrogen-bond acceptors (Lipinski definition) is 3. The van der Waals surface area contributed by atoms with Crippen LogP contribution in [0.4, 0.5) is 0 Å². The van der Waals surface area contributed by atoms with E-state index in [9.17, 15) is 0 Å². The van der Waals surface area contributed by atoms with Gasteiger partial charge in [-0.25, -0.2) is 9.97 Å². The molecule has 2 heterocycles. The first-order valence-corrected chi connectivity index (χ1v) is 19.2. The van der Waals surface area contributed by atoms with Gasteiger partial charge in [0.2, 0.25) is 0 Å². The molecule has 1 aliphatic carbocycles. The van der Waals surface area contributed by atoms with Crippen LogP contribution in [0.3, 0.4) is 0 Å². The molecule has 0 saturated heterocycles. The zero-order valence-electron chi connectivity index (χ0n) is 31.1. The smallest absolute Gasteiger partial charge is 0.160 e. The van der Waals surface area contributed by atoms with E-state index < -0.39 is 0 Å². The van der Waals surface area contributed by atoms with Gasteiger partial charge in [-0.15, -0.1) is 0 Å². The molecule has 0 radical (unpaired) electrons. The molecule has 2 aromatic heterocycles. The highest BCUT2D eigenvalue weighted by molar-refractivity contribution is 6.06. The molecule has 0 aliphatic heterocycles. The largest absolute Gasteiger partial charge is 0.456 e. The van der Waals surface area contributed by atoms with Gasteiger partial charge in [-0.3, -0.25) is 0 Å².